The second kappa shape index (κ2) is 5.56. The van der Waals surface area contributed by atoms with E-state index in [1.54, 1.807) is 26.4 Å². The van der Waals surface area contributed by atoms with E-state index >= 15 is 0 Å². The van der Waals surface area contributed by atoms with Gasteiger partial charge in [-0.3, -0.25) is 4.79 Å². The smallest absolute Gasteiger partial charge is 0.311 e. The molecule has 0 saturated heterocycles. The summed E-state index contributed by atoms with van der Waals surface area (Å²) in [5.74, 6) is 0.993. The lowest BCUT2D eigenvalue weighted by Crippen LogP contribution is -2.06. The van der Waals surface area contributed by atoms with Gasteiger partial charge in [-0.2, -0.15) is 0 Å². The number of rotatable bonds is 4. The van der Waals surface area contributed by atoms with Crippen molar-refractivity contribution < 1.29 is 19.0 Å². The lowest BCUT2D eigenvalue weighted by Gasteiger charge is -2.09. The quantitative estimate of drug-likeness (QED) is 0.787. The van der Waals surface area contributed by atoms with E-state index in [0.29, 0.717) is 22.7 Å². The molecule has 0 aliphatic heterocycles. The number of ether oxygens (including phenoxy) is 3. The van der Waals surface area contributed by atoms with Crippen LogP contribution < -0.4 is 9.47 Å². The zero-order valence-electron chi connectivity index (χ0n) is 11.1. The highest BCUT2D eigenvalue weighted by atomic mass is 16.5. The predicted octanol–water partition coefficient (Wildman–Crippen LogP) is 1.97. The maximum absolute atomic E-state index is 11.3. The van der Waals surface area contributed by atoms with Crippen molar-refractivity contribution in [3.63, 3.8) is 0 Å². The number of aromatic nitrogens is 1. The Labute approximate surface area is 111 Å². The van der Waals surface area contributed by atoms with Gasteiger partial charge in [-0.25, -0.2) is 4.98 Å². The first-order valence-electron chi connectivity index (χ1n) is 5.76. The zero-order valence-corrected chi connectivity index (χ0v) is 11.1. The van der Waals surface area contributed by atoms with Crippen LogP contribution in [0.4, 0.5) is 0 Å². The van der Waals surface area contributed by atoms with Crippen LogP contribution in [0.15, 0.2) is 24.3 Å². The molecule has 0 fully saturated rings. The maximum atomic E-state index is 11.3. The molecule has 5 heteroatoms. The van der Waals surface area contributed by atoms with Crippen LogP contribution in [0.1, 0.15) is 5.69 Å². The van der Waals surface area contributed by atoms with Gasteiger partial charge >= 0.3 is 5.97 Å². The van der Waals surface area contributed by atoms with Crippen molar-refractivity contribution in [2.45, 2.75) is 6.42 Å². The first-order valence-corrected chi connectivity index (χ1v) is 5.76. The average molecular weight is 261 g/mol. The Bertz CT molecular complexity index is 610. The first kappa shape index (κ1) is 13.1. The minimum absolute atomic E-state index is 0.140. The molecule has 0 aliphatic rings. The van der Waals surface area contributed by atoms with E-state index in [1.807, 2.05) is 12.1 Å². The third-order valence-electron chi connectivity index (χ3n) is 2.80. The standard InChI is InChI=1S/C14H15NO4/c1-17-11-6-9-4-5-10(7-13(16)19-3)15-14(9)12(8-11)18-2/h4-6,8H,7H2,1-3H3. The largest absolute Gasteiger partial charge is 0.497 e. The highest BCUT2D eigenvalue weighted by molar-refractivity contribution is 5.87. The minimum atomic E-state index is -0.320. The number of fused-ring (bicyclic) bond motifs is 1. The summed E-state index contributed by atoms with van der Waals surface area (Å²) in [6, 6.07) is 7.30. The molecule has 2 aromatic rings. The summed E-state index contributed by atoms with van der Waals surface area (Å²) < 4.78 is 15.1. The molecular weight excluding hydrogens is 246 g/mol. The number of methoxy groups -OCH3 is 3. The fraction of sp³-hybridized carbons (Fsp3) is 0.286. The van der Waals surface area contributed by atoms with E-state index in [-0.39, 0.29) is 12.4 Å². The van der Waals surface area contributed by atoms with Crippen molar-refractivity contribution in [2.24, 2.45) is 0 Å². The second-order valence-corrected chi connectivity index (χ2v) is 3.96. The molecule has 0 bridgehead atoms. The molecular formula is C14H15NO4. The molecule has 0 amide bonds. The summed E-state index contributed by atoms with van der Waals surface area (Å²) in [6.07, 6.45) is 0.140. The van der Waals surface area contributed by atoms with E-state index in [9.17, 15) is 4.79 Å². The number of hydrogen-bond donors (Lipinski definition) is 0. The second-order valence-electron chi connectivity index (χ2n) is 3.96. The van der Waals surface area contributed by atoms with E-state index in [1.165, 1.54) is 7.11 Å². The van der Waals surface area contributed by atoms with Gasteiger partial charge in [0, 0.05) is 11.5 Å². The van der Waals surface area contributed by atoms with Crippen LogP contribution >= 0.6 is 0 Å². The first-order chi connectivity index (χ1) is 9.17. The third-order valence-corrected chi connectivity index (χ3v) is 2.80. The Balaban J connectivity index is 2.49. The average Bonchev–Trinajstić information content (AvgIpc) is 2.45. The molecule has 1 aromatic heterocycles. The molecule has 19 heavy (non-hydrogen) atoms. The Morgan fingerprint density at radius 2 is 1.95 bits per heavy atom. The van der Waals surface area contributed by atoms with Crippen LogP contribution in [0.3, 0.4) is 0 Å². The topological polar surface area (TPSA) is 57.7 Å². The maximum Gasteiger partial charge on any atom is 0.311 e. The third kappa shape index (κ3) is 2.76. The van der Waals surface area contributed by atoms with Crippen molar-refractivity contribution in [1.82, 2.24) is 4.98 Å². The van der Waals surface area contributed by atoms with Crippen molar-refractivity contribution >= 4 is 16.9 Å². The van der Waals surface area contributed by atoms with Gasteiger partial charge in [-0.15, -0.1) is 0 Å². The summed E-state index contributed by atoms with van der Waals surface area (Å²) in [6.45, 7) is 0. The van der Waals surface area contributed by atoms with Crippen molar-refractivity contribution in [1.29, 1.82) is 0 Å². The van der Waals surface area contributed by atoms with Crippen LogP contribution in [-0.4, -0.2) is 32.3 Å². The Morgan fingerprint density at radius 3 is 2.58 bits per heavy atom. The molecule has 100 valence electrons. The molecule has 2 rings (SSSR count). The Morgan fingerprint density at radius 1 is 1.16 bits per heavy atom. The predicted molar refractivity (Wildman–Crippen MR) is 70.6 cm³/mol. The highest BCUT2D eigenvalue weighted by Crippen LogP contribution is 2.29. The normalized spacial score (nSPS) is 10.3. The van der Waals surface area contributed by atoms with Gasteiger partial charge in [0.05, 0.1) is 33.4 Å². The van der Waals surface area contributed by atoms with Crippen LogP contribution in [0, 0.1) is 0 Å². The van der Waals surface area contributed by atoms with Crippen LogP contribution in [-0.2, 0) is 16.0 Å². The lowest BCUT2D eigenvalue weighted by molar-refractivity contribution is -0.139. The molecule has 5 nitrogen and oxygen atoms in total. The van der Waals surface area contributed by atoms with E-state index < -0.39 is 0 Å². The molecule has 1 heterocycles. The number of carbonyl (C=O) groups excluding carboxylic acids is 1. The number of benzene rings is 1. The van der Waals surface area contributed by atoms with Gasteiger partial charge in [0.15, 0.2) is 0 Å². The van der Waals surface area contributed by atoms with Crippen LogP contribution in [0.5, 0.6) is 11.5 Å². The minimum Gasteiger partial charge on any atom is -0.497 e. The van der Waals surface area contributed by atoms with Gasteiger partial charge < -0.3 is 14.2 Å². The summed E-state index contributed by atoms with van der Waals surface area (Å²) in [7, 11) is 4.53. The van der Waals surface area contributed by atoms with E-state index in [0.717, 1.165) is 5.39 Å². The van der Waals surface area contributed by atoms with Crippen LogP contribution in [0.2, 0.25) is 0 Å². The molecule has 0 atom stereocenters. The summed E-state index contributed by atoms with van der Waals surface area (Å²) in [5, 5.41) is 0.893. The molecule has 0 aliphatic carbocycles. The number of pyridine rings is 1. The molecule has 0 unspecified atom stereocenters. The number of hydrogen-bond acceptors (Lipinski definition) is 5. The fourth-order valence-electron chi connectivity index (χ4n) is 1.81. The van der Waals surface area contributed by atoms with Crippen molar-refractivity contribution in [3.8, 4) is 11.5 Å². The SMILES string of the molecule is COC(=O)Cc1ccc2cc(OC)cc(OC)c2n1. The van der Waals surface area contributed by atoms with Gasteiger partial charge in [-0.05, 0) is 12.1 Å². The fourth-order valence-corrected chi connectivity index (χ4v) is 1.81. The van der Waals surface area contributed by atoms with Crippen molar-refractivity contribution in [2.75, 3.05) is 21.3 Å². The van der Waals surface area contributed by atoms with E-state index in [2.05, 4.69) is 9.72 Å². The molecule has 1 aromatic carbocycles. The summed E-state index contributed by atoms with van der Waals surface area (Å²) in [5.41, 5.74) is 1.34. The summed E-state index contributed by atoms with van der Waals surface area (Å²) >= 11 is 0. The number of nitrogens with zero attached hydrogens (tertiary/aromatic N) is 1. The van der Waals surface area contributed by atoms with Gasteiger partial charge in [0.25, 0.3) is 0 Å². The van der Waals surface area contributed by atoms with Gasteiger partial charge in [-0.1, -0.05) is 6.07 Å². The molecule has 0 radical (unpaired) electrons. The van der Waals surface area contributed by atoms with Gasteiger partial charge in [0.2, 0.25) is 0 Å². The van der Waals surface area contributed by atoms with E-state index in [4.69, 9.17) is 9.47 Å². The molecule has 0 spiro atoms. The van der Waals surface area contributed by atoms with Crippen LogP contribution in [0.25, 0.3) is 10.9 Å². The van der Waals surface area contributed by atoms with Crippen molar-refractivity contribution in [3.05, 3.63) is 30.0 Å². The Hall–Kier alpha value is -2.30. The Kier molecular flexibility index (Phi) is 3.85. The molecule has 0 N–H and O–H groups in total. The van der Waals surface area contributed by atoms with Gasteiger partial charge in [0.1, 0.15) is 17.0 Å². The number of esters is 1. The highest BCUT2D eigenvalue weighted by Gasteiger charge is 2.10. The molecule has 0 saturated carbocycles. The summed E-state index contributed by atoms with van der Waals surface area (Å²) in [4.78, 5) is 15.7. The zero-order chi connectivity index (χ0) is 13.8. The monoisotopic (exact) mass is 261 g/mol. The number of carbonyl (C=O) groups is 1. The lowest BCUT2D eigenvalue weighted by atomic mass is 10.1.